The van der Waals surface area contributed by atoms with Crippen LogP contribution in [0.5, 0.6) is 5.75 Å². The summed E-state index contributed by atoms with van der Waals surface area (Å²) in [6.07, 6.45) is -4.99. The molecule has 0 amide bonds. The third kappa shape index (κ3) is 2.89. The SMILES string of the molecule is Fc1[c]c(F)c(OC(F)(F)F)cc1. The first-order chi connectivity index (χ1) is 5.88. The Morgan fingerprint density at radius 3 is 2.23 bits per heavy atom. The summed E-state index contributed by atoms with van der Waals surface area (Å²) in [5, 5.41) is 0. The van der Waals surface area contributed by atoms with Gasteiger partial charge in [-0.1, -0.05) is 0 Å². The third-order valence-corrected chi connectivity index (χ3v) is 1.05. The van der Waals surface area contributed by atoms with Crippen LogP contribution in [0.1, 0.15) is 0 Å². The molecule has 1 aromatic rings. The van der Waals surface area contributed by atoms with Crippen molar-refractivity contribution in [2.24, 2.45) is 0 Å². The summed E-state index contributed by atoms with van der Waals surface area (Å²) in [6, 6.07) is 2.55. The zero-order valence-corrected chi connectivity index (χ0v) is 5.95. The zero-order chi connectivity index (χ0) is 10.1. The second kappa shape index (κ2) is 3.20. The van der Waals surface area contributed by atoms with E-state index in [-0.39, 0.29) is 0 Å². The van der Waals surface area contributed by atoms with Gasteiger partial charge in [0.25, 0.3) is 0 Å². The Hall–Kier alpha value is -1.33. The maximum absolute atomic E-state index is 12.5. The van der Waals surface area contributed by atoms with Gasteiger partial charge in [-0.15, -0.1) is 13.2 Å². The molecule has 71 valence electrons. The normalized spacial score (nSPS) is 11.5. The topological polar surface area (TPSA) is 9.23 Å². The first kappa shape index (κ1) is 9.76. The van der Waals surface area contributed by atoms with Gasteiger partial charge in [0, 0.05) is 0 Å². The Morgan fingerprint density at radius 2 is 1.77 bits per heavy atom. The van der Waals surface area contributed by atoms with Crippen molar-refractivity contribution in [3.8, 4) is 5.75 Å². The first-order valence-electron chi connectivity index (χ1n) is 3.01. The van der Waals surface area contributed by atoms with E-state index in [0.29, 0.717) is 12.1 Å². The molecule has 0 heterocycles. The molecule has 1 radical (unpaired) electrons. The molecule has 1 aromatic carbocycles. The summed E-state index contributed by atoms with van der Waals surface area (Å²) in [6.45, 7) is 0. The summed E-state index contributed by atoms with van der Waals surface area (Å²) < 4.78 is 62.4. The van der Waals surface area contributed by atoms with Crippen molar-refractivity contribution in [3.63, 3.8) is 0 Å². The van der Waals surface area contributed by atoms with Crippen LogP contribution in [0, 0.1) is 17.7 Å². The van der Waals surface area contributed by atoms with E-state index in [0.717, 1.165) is 0 Å². The van der Waals surface area contributed by atoms with Gasteiger partial charge in [0.2, 0.25) is 0 Å². The molecule has 0 bridgehead atoms. The summed E-state index contributed by atoms with van der Waals surface area (Å²) in [4.78, 5) is 0. The van der Waals surface area contributed by atoms with Crippen LogP contribution in [0.3, 0.4) is 0 Å². The van der Waals surface area contributed by atoms with Gasteiger partial charge < -0.3 is 4.74 Å². The van der Waals surface area contributed by atoms with Crippen molar-refractivity contribution in [3.05, 3.63) is 29.8 Å². The molecule has 13 heavy (non-hydrogen) atoms. The highest BCUT2D eigenvalue weighted by atomic mass is 19.4. The fourth-order valence-electron chi connectivity index (χ4n) is 0.634. The molecule has 6 heteroatoms. The molecular weight excluding hydrogens is 195 g/mol. The van der Waals surface area contributed by atoms with E-state index in [9.17, 15) is 22.0 Å². The maximum Gasteiger partial charge on any atom is 0.573 e. The van der Waals surface area contributed by atoms with Crippen molar-refractivity contribution in [1.29, 1.82) is 0 Å². The average molecular weight is 197 g/mol. The lowest BCUT2D eigenvalue weighted by Crippen LogP contribution is -2.18. The molecule has 1 nitrogen and oxygen atoms in total. The summed E-state index contributed by atoms with van der Waals surface area (Å²) in [7, 11) is 0. The molecule has 0 saturated carbocycles. The van der Waals surface area contributed by atoms with Gasteiger partial charge >= 0.3 is 6.36 Å². The fourth-order valence-corrected chi connectivity index (χ4v) is 0.634. The van der Waals surface area contributed by atoms with Gasteiger partial charge in [-0.25, -0.2) is 8.78 Å². The molecule has 0 unspecified atom stereocenters. The minimum atomic E-state index is -4.99. The van der Waals surface area contributed by atoms with Gasteiger partial charge in [0.15, 0.2) is 11.6 Å². The first-order valence-corrected chi connectivity index (χ1v) is 3.01. The lowest BCUT2D eigenvalue weighted by Gasteiger charge is -2.08. The van der Waals surface area contributed by atoms with Gasteiger partial charge in [-0.05, 0) is 12.1 Å². The van der Waals surface area contributed by atoms with E-state index in [1.54, 1.807) is 0 Å². The monoisotopic (exact) mass is 197 g/mol. The molecule has 0 aliphatic carbocycles. The molecule has 0 atom stereocenters. The highest BCUT2D eigenvalue weighted by Gasteiger charge is 2.32. The van der Waals surface area contributed by atoms with Crippen molar-refractivity contribution in [2.75, 3.05) is 0 Å². The highest BCUT2D eigenvalue weighted by Crippen LogP contribution is 2.25. The van der Waals surface area contributed by atoms with Gasteiger partial charge in [-0.2, -0.15) is 0 Å². The van der Waals surface area contributed by atoms with E-state index in [1.165, 1.54) is 6.07 Å². The largest absolute Gasteiger partial charge is 0.573 e. The quantitative estimate of drug-likeness (QED) is 0.629. The predicted octanol–water partition coefficient (Wildman–Crippen LogP) is 2.66. The predicted molar refractivity (Wildman–Crippen MR) is 31.9 cm³/mol. The third-order valence-electron chi connectivity index (χ3n) is 1.05. The summed E-state index contributed by atoms with van der Waals surface area (Å²) in [5.74, 6) is -3.71. The molecule has 0 fully saturated rings. The van der Waals surface area contributed by atoms with Gasteiger partial charge in [0.1, 0.15) is 5.82 Å². The standard InChI is InChI=1S/C7H2F5O/c8-4-1-2-6(5(9)3-4)13-7(10,11)12/h1-2H. The number of hydrogen-bond acceptors (Lipinski definition) is 1. The Kier molecular flexibility index (Phi) is 2.40. The number of alkyl halides is 3. The van der Waals surface area contributed by atoms with E-state index in [4.69, 9.17) is 0 Å². The molecule has 0 N–H and O–H groups in total. The van der Waals surface area contributed by atoms with Crippen LogP contribution >= 0.6 is 0 Å². The number of halogens is 5. The number of hydrogen-bond donors (Lipinski definition) is 0. The molecule has 0 aliphatic heterocycles. The second-order valence-corrected chi connectivity index (χ2v) is 2.03. The Labute approximate surface area is 69.7 Å². The van der Waals surface area contributed by atoms with E-state index in [1.807, 2.05) is 0 Å². The highest BCUT2D eigenvalue weighted by molar-refractivity contribution is 5.23. The lowest BCUT2D eigenvalue weighted by atomic mass is 10.3. The number of rotatable bonds is 1. The van der Waals surface area contributed by atoms with E-state index >= 15 is 0 Å². The zero-order valence-electron chi connectivity index (χ0n) is 5.95. The lowest BCUT2D eigenvalue weighted by molar-refractivity contribution is -0.275. The van der Waals surface area contributed by atoms with Crippen LogP contribution in [-0.2, 0) is 0 Å². The number of benzene rings is 1. The minimum absolute atomic E-state index is 0.536. The van der Waals surface area contributed by atoms with E-state index < -0.39 is 23.7 Å². The van der Waals surface area contributed by atoms with Crippen LogP contribution in [0.4, 0.5) is 22.0 Å². The Bertz CT molecular complexity index is 306. The molecule has 1 rings (SSSR count). The van der Waals surface area contributed by atoms with Crippen molar-refractivity contribution in [2.45, 2.75) is 6.36 Å². The summed E-state index contributed by atoms with van der Waals surface area (Å²) in [5.41, 5.74) is 0. The molecule has 0 spiro atoms. The van der Waals surface area contributed by atoms with Crippen LogP contribution in [0.2, 0.25) is 0 Å². The molecule has 0 aliphatic rings. The average Bonchev–Trinajstić information content (AvgIpc) is 1.93. The Balaban J connectivity index is 2.90. The van der Waals surface area contributed by atoms with Gasteiger partial charge in [0.05, 0.1) is 6.07 Å². The van der Waals surface area contributed by atoms with Crippen LogP contribution in [-0.4, -0.2) is 6.36 Å². The summed E-state index contributed by atoms with van der Waals surface area (Å²) >= 11 is 0. The second-order valence-electron chi connectivity index (χ2n) is 2.03. The van der Waals surface area contributed by atoms with Gasteiger partial charge in [-0.3, -0.25) is 0 Å². The molecule has 0 saturated heterocycles. The fraction of sp³-hybridized carbons (Fsp3) is 0.143. The van der Waals surface area contributed by atoms with Crippen molar-refractivity contribution < 1.29 is 26.7 Å². The number of ether oxygens (including phenoxy) is 1. The van der Waals surface area contributed by atoms with Crippen molar-refractivity contribution >= 4 is 0 Å². The molecule has 0 aromatic heterocycles. The van der Waals surface area contributed by atoms with Crippen molar-refractivity contribution in [1.82, 2.24) is 0 Å². The molecular formula is C7H2F5O. The van der Waals surface area contributed by atoms with Crippen LogP contribution in [0.15, 0.2) is 12.1 Å². The minimum Gasteiger partial charge on any atom is -0.403 e. The van der Waals surface area contributed by atoms with Crippen LogP contribution in [0.25, 0.3) is 0 Å². The van der Waals surface area contributed by atoms with E-state index in [2.05, 4.69) is 4.74 Å². The maximum atomic E-state index is 12.5. The Morgan fingerprint density at radius 1 is 1.15 bits per heavy atom. The smallest absolute Gasteiger partial charge is 0.403 e. The van der Waals surface area contributed by atoms with Crippen LogP contribution < -0.4 is 4.74 Å².